The Bertz CT molecular complexity index is 726. The lowest BCUT2D eigenvalue weighted by molar-refractivity contribution is 0.189. The quantitative estimate of drug-likeness (QED) is 0.683. The average Bonchev–Trinajstić information content (AvgIpc) is 3.28. The molecule has 0 saturated carbocycles. The topological polar surface area (TPSA) is 37.7 Å². The van der Waals surface area contributed by atoms with Gasteiger partial charge in [-0.3, -0.25) is 0 Å². The number of rotatable bonds is 0. The Morgan fingerprint density at radius 1 is 0.609 bits per heavy atom. The van der Waals surface area contributed by atoms with Crippen LogP contribution in [0.15, 0.2) is 82.9 Å². The molecular weight excluding hydrogens is 288 g/mol. The molecule has 5 heterocycles. The highest BCUT2D eigenvalue weighted by atomic mass is 15.4. The van der Waals surface area contributed by atoms with E-state index in [1.807, 2.05) is 24.3 Å². The van der Waals surface area contributed by atoms with E-state index < -0.39 is 0 Å². The van der Waals surface area contributed by atoms with Crippen molar-refractivity contribution in [3.05, 3.63) is 72.9 Å². The van der Waals surface area contributed by atoms with Gasteiger partial charge in [0.2, 0.25) is 0 Å². The smallest absolute Gasteiger partial charge is 0.0953 e. The molecule has 5 rings (SSSR count). The molecule has 23 heavy (non-hydrogen) atoms. The Morgan fingerprint density at radius 2 is 1.13 bits per heavy atom. The first kappa shape index (κ1) is 12.5. The van der Waals surface area contributed by atoms with E-state index in [0.29, 0.717) is 0 Å². The molecule has 114 valence electrons. The van der Waals surface area contributed by atoms with E-state index in [9.17, 15) is 0 Å². The summed E-state index contributed by atoms with van der Waals surface area (Å²) in [6.07, 6.45) is 20.7. The van der Waals surface area contributed by atoms with Crippen LogP contribution in [0.1, 0.15) is 0 Å². The van der Waals surface area contributed by atoms with Crippen LogP contribution in [0.2, 0.25) is 0 Å². The summed E-state index contributed by atoms with van der Waals surface area (Å²) in [6, 6.07) is 0. The lowest BCUT2D eigenvalue weighted by Crippen LogP contribution is -2.34. The van der Waals surface area contributed by atoms with Gasteiger partial charge in [0.25, 0.3) is 0 Å². The maximum absolute atomic E-state index is 4.67. The minimum absolute atomic E-state index is 0.842. The van der Waals surface area contributed by atoms with Crippen molar-refractivity contribution in [2.45, 2.75) is 0 Å². The van der Waals surface area contributed by atoms with Crippen molar-refractivity contribution in [3.63, 3.8) is 0 Å². The van der Waals surface area contributed by atoms with E-state index in [1.54, 1.807) is 0 Å². The normalized spacial score (nSPS) is 26.3. The maximum atomic E-state index is 4.67. The standard InChI is InChI=1S/C17H16N6/c1-3-16-17-4-2-15(19-17)10-21-6-8-23(12-21)13-22-7-5-20(11-22)9-14(1)18-16/h1-10H,11-13H2/b14-9-,15-10?. The molecule has 0 fully saturated rings. The summed E-state index contributed by atoms with van der Waals surface area (Å²) in [5, 5.41) is 0. The maximum Gasteiger partial charge on any atom is 0.0953 e. The summed E-state index contributed by atoms with van der Waals surface area (Å²) < 4.78 is 0. The molecule has 0 aliphatic carbocycles. The van der Waals surface area contributed by atoms with E-state index in [-0.39, 0.29) is 0 Å². The Balaban J connectivity index is 1.53. The van der Waals surface area contributed by atoms with Crippen LogP contribution in [0.3, 0.4) is 0 Å². The first-order chi connectivity index (χ1) is 11.3. The zero-order valence-electron chi connectivity index (χ0n) is 12.6. The molecule has 0 spiro atoms. The number of hydrogen-bond donors (Lipinski definition) is 0. The van der Waals surface area contributed by atoms with E-state index in [2.05, 4.69) is 66.8 Å². The molecule has 5 aliphatic heterocycles. The first-order valence-corrected chi connectivity index (χ1v) is 7.66. The Kier molecular flexibility index (Phi) is 2.58. The SMILES string of the molecule is C1=CC2=NC1=CN1C=CN(C1)CN1C=CN(/C=C3/C=CC2=N3)C1. The highest BCUT2D eigenvalue weighted by Crippen LogP contribution is 2.20. The Morgan fingerprint density at radius 3 is 1.65 bits per heavy atom. The zero-order chi connectivity index (χ0) is 15.2. The number of allylic oxidation sites excluding steroid dienone is 4. The fourth-order valence-electron chi connectivity index (χ4n) is 3.08. The summed E-state index contributed by atoms with van der Waals surface area (Å²) in [4.78, 5) is 18.2. The predicted octanol–water partition coefficient (Wildman–Crippen LogP) is 1.75. The van der Waals surface area contributed by atoms with Crippen molar-refractivity contribution >= 4 is 11.4 Å². The third-order valence-electron chi connectivity index (χ3n) is 4.17. The Labute approximate surface area is 134 Å². The Hall–Kier alpha value is -3.02. The number of nitrogens with zero attached hydrogens (tertiary/aromatic N) is 6. The van der Waals surface area contributed by atoms with Gasteiger partial charge in [-0.25, -0.2) is 9.98 Å². The van der Waals surface area contributed by atoms with Gasteiger partial charge in [-0.15, -0.1) is 0 Å². The molecule has 0 N–H and O–H groups in total. The molecule has 0 aromatic rings. The molecule has 6 nitrogen and oxygen atoms in total. The van der Waals surface area contributed by atoms with Gasteiger partial charge in [0.05, 0.1) is 42.8 Å². The summed E-state index contributed by atoms with van der Waals surface area (Å²) >= 11 is 0. The van der Waals surface area contributed by atoms with Crippen LogP contribution < -0.4 is 0 Å². The molecule has 0 atom stereocenters. The van der Waals surface area contributed by atoms with Crippen molar-refractivity contribution in [1.29, 1.82) is 0 Å². The minimum atomic E-state index is 0.842. The average molecular weight is 304 g/mol. The molecule has 5 aliphatic rings. The van der Waals surface area contributed by atoms with Gasteiger partial charge in [-0.1, -0.05) is 0 Å². The van der Waals surface area contributed by atoms with Gasteiger partial charge in [0, 0.05) is 37.2 Å². The molecule has 6 heteroatoms. The molecule has 8 bridgehead atoms. The van der Waals surface area contributed by atoms with Gasteiger partial charge in [-0.2, -0.15) is 0 Å². The second kappa shape index (κ2) is 4.74. The van der Waals surface area contributed by atoms with Gasteiger partial charge >= 0.3 is 0 Å². The van der Waals surface area contributed by atoms with Crippen molar-refractivity contribution < 1.29 is 0 Å². The van der Waals surface area contributed by atoms with Crippen LogP contribution in [0.25, 0.3) is 0 Å². The van der Waals surface area contributed by atoms with E-state index >= 15 is 0 Å². The first-order valence-electron chi connectivity index (χ1n) is 7.66. The highest BCUT2D eigenvalue weighted by molar-refractivity contribution is 6.51. The van der Waals surface area contributed by atoms with Crippen molar-refractivity contribution in [3.8, 4) is 0 Å². The van der Waals surface area contributed by atoms with Crippen LogP contribution in [0, 0.1) is 0 Å². The fourth-order valence-corrected chi connectivity index (χ4v) is 3.08. The number of aliphatic imine (C=N–C) groups is 2. The molecular formula is C17H16N6. The predicted molar refractivity (Wildman–Crippen MR) is 89.6 cm³/mol. The van der Waals surface area contributed by atoms with Crippen molar-refractivity contribution in [2.24, 2.45) is 9.98 Å². The van der Waals surface area contributed by atoms with Crippen LogP contribution in [0.5, 0.6) is 0 Å². The monoisotopic (exact) mass is 304 g/mol. The van der Waals surface area contributed by atoms with E-state index in [0.717, 1.165) is 42.8 Å². The molecule has 0 unspecified atom stereocenters. The molecule has 0 saturated heterocycles. The molecule has 0 aromatic heterocycles. The summed E-state index contributed by atoms with van der Waals surface area (Å²) in [6.45, 7) is 2.55. The summed E-state index contributed by atoms with van der Waals surface area (Å²) in [5.41, 5.74) is 3.76. The second-order valence-corrected chi connectivity index (χ2v) is 6.00. The second-order valence-electron chi connectivity index (χ2n) is 6.00. The number of fused-ring (bicyclic) bond motifs is 7. The number of hydrogen-bond acceptors (Lipinski definition) is 6. The zero-order valence-corrected chi connectivity index (χ0v) is 12.6. The lowest BCUT2D eigenvalue weighted by atomic mass is 10.2. The summed E-state index contributed by atoms with van der Waals surface area (Å²) in [7, 11) is 0. The fraction of sp³-hybridized carbons (Fsp3) is 0.176. The molecule has 0 amide bonds. The van der Waals surface area contributed by atoms with E-state index in [4.69, 9.17) is 0 Å². The van der Waals surface area contributed by atoms with Gasteiger partial charge in [0.1, 0.15) is 0 Å². The third-order valence-corrected chi connectivity index (χ3v) is 4.17. The van der Waals surface area contributed by atoms with Gasteiger partial charge in [-0.05, 0) is 24.3 Å². The molecule has 0 aromatic carbocycles. The van der Waals surface area contributed by atoms with Crippen LogP contribution >= 0.6 is 0 Å². The van der Waals surface area contributed by atoms with Crippen molar-refractivity contribution in [1.82, 2.24) is 19.6 Å². The van der Waals surface area contributed by atoms with Crippen LogP contribution in [0.4, 0.5) is 0 Å². The van der Waals surface area contributed by atoms with Crippen molar-refractivity contribution in [2.75, 3.05) is 20.0 Å². The van der Waals surface area contributed by atoms with E-state index in [1.165, 1.54) is 0 Å². The van der Waals surface area contributed by atoms with Gasteiger partial charge < -0.3 is 19.6 Å². The largest absolute Gasteiger partial charge is 0.341 e. The van der Waals surface area contributed by atoms with Crippen LogP contribution in [-0.4, -0.2) is 51.0 Å². The van der Waals surface area contributed by atoms with Gasteiger partial charge in [0.15, 0.2) is 0 Å². The highest BCUT2D eigenvalue weighted by Gasteiger charge is 2.19. The summed E-state index contributed by atoms with van der Waals surface area (Å²) in [5.74, 6) is 0. The molecule has 0 radical (unpaired) electrons. The third kappa shape index (κ3) is 2.28. The minimum Gasteiger partial charge on any atom is -0.341 e. The van der Waals surface area contributed by atoms with Crippen LogP contribution in [-0.2, 0) is 0 Å². The lowest BCUT2D eigenvalue weighted by Gasteiger charge is -2.26.